The van der Waals surface area contributed by atoms with Crippen LogP contribution in [0.2, 0.25) is 0 Å². The number of anilines is 1. The van der Waals surface area contributed by atoms with Gasteiger partial charge in [0, 0.05) is 10.6 Å². The Bertz CT molecular complexity index is 1060. The maximum absolute atomic E-state index is 13.0. The van der Waals surface area contributed by atoms with E-state index in [2.05, 4.69) is 20.4 Å². The molecular formula is C19H21N5O3S. The molecule has 9 heteroatoms. The van der Waals surface area contributed by atoms with Crippen LogP contribution in [0.1, 0.15) is 63.2 Å². The van der Waals surface area contributed by atoms with E-state index in [0.717, 1.165) is 42.5 Å². The van der Waals surface area contributed by atoms with Gasteiger partial charge in [0.05, 0.1) is 12.2 Å². The summed E-state index contributed by atoms with van der Waals surface area (Å²) in [5.74, 6) is -0.365. The molecule has 3 aromatic heterocycles. The van der Waals surface area contributed by atoms with Gasteiger partial charge in [0.15, 0.2) is 0 Å². The largest absolute Gasteiger partial charge is 0.462 e. The van der Waals surface area contributed by atoms with E-state index < -0.39 is 0 Å². The van der Waals surface area contributed by atoms with Crippen molar-refractivity contribution < 1.29 is 14.3 Å². The van der Waals surface area contributed by atoms with Crippen LogP contribution < -0.4 is 5.32 Å². The zero-order valence-corrected chi connectivity index (χ0v) is 16.6. The van der Waals surface area contributed by atoms with Crippen LogP contribution in [-0.4, -0.2) is 38.1 Å². The van der Waals surface area contributed by atoms with Crippen LogP contribution in [0, 0.1) is 6.92 Å². The second-order valence-corrected chi connectivity index (χ2v) is 7.86. The minimum Gasteiger partial charge on any atom is -0.462 e. The van der Waals surface area contributed by atoms with Gasteiger partial charge in [-0.2, -0.15) is 14.6 Å². The monoisotopic (exact) mass is 399 g/mol. The molecule has 1 aliphatic rings. The Hall–Kier alpha value is -2.81. The molecule has 0 fully saturated rings. The van der Waals surface area contributed by atoms with E-state index in [1.165, 1.54) is 22.2 Å². The molecule has 3 aromatic rings. The number of carbonyl (C=O) groups is 2. The fourth-order valence-electron chi connectivity index (χ4n) is 3.40. The van der Waals surface area contributed by atoms with Crippen LogP contribution in [0.5, 0.6) is 0 Å². The molecule has 0 atom stereocenters. The Kier molecular flexibility index (Phi) is 5.08. The highest BCUT2D eigenvalue weighted by Crippen LogP contribution is 2.38. The van der Waals surface area contributed by atoms with Crippen molar-refractivity contribution >= 4 is 34.0 Å². The van der Waals surface area contributed by atoms with Crippen LogP contribution in [0.4, 0.5) is 5.00 Å². The maximum Gasteiger partial charge on any atom is 0.341 e. The quantitative estimate of drug-likeness (QED) is 0.662. The third kappa shape index (κ3) is 3.37. The third-order valence-corrected chi connectivity index (χ3v) is 5.86. The van der Waals surface area contributed by atoms with Crippen LogP contribution in [0.25, 0.3) is 5.78 Å². The summed E-state index contributed by atoms with van der Waals surface area (Å²) in [6, 6.07) is 1.65. The van der Waals surface area contributed by atoms with Crippen molar-refractivity contribution in [1.82, 2.24) is 19.6 Å². The highest BCUT2D eigenvalue weighted by Gasteiger charge is 2.28. The van der Waals surface area contributed by atoms with Crippen LogP contribution >= 0.6 is 11.3 Å². The van der Waals surface area contributed by atoms with Crippen LogP contribution in [0.15, 0.2) is 12.4 Å². The van der Waals surface area contributed by atoms with E-state index >= 15 is 0 Å². The molecule has 0 aromatic carbocycles. The number of esters is 1. The number of aromatic nitrogens is 4. The Labute approximate surface area is 166 Å². The van der Waals surface area contributed by atoms with Gasteiger partial charge in [0.25, 0.3) is 11.7 Å². The molecule has 0 saturated carbocycles. The molecule has 1 N–H and O–H groups in total. The first-order chi connectivity index (χ1) is 13.6. The number of ether oxygens (including phenoxy) is 1. The summed E-state index contributed by atoms with van der Waals surface area (Å²) in [6.07, 6.45) is 5.99. The maximum atomic E-state index is 13.0. The lowest BCUT2D eigenvalue weighted by molar-refractivity contribution is 0.0505. The number of thiophene rings is 1. The van der Waals surface area contributed by atoms with E-state index in [1.807, 2.05) is 6.92 Å². The lowest BCUT2D eigenvalue weighted by Gasteiger charge is -2.12. The smallest absolute Gasteiger partial charge is 0.341 e. The normalized spacial score (nSPS) is 13.4. The molecule has 4 rings (SSSR count). The first kappa shape index (κ1) is 18.5. The molecule has 0 radical (unpaired) electrons. The average molecular weight is 399 g/mol. The molecule has 0 bridgehead atoms. The second kappa shape index (κ2) is 7.67. The van der Waals surface area contributed by atoms with E-state index in [1.54, 1.807) is 13.0 Å². The van der Waals surface area contributed by atoms with Gasteiger partial charge in [-0.25, -0.2) is 9.78 Å². The van der Waals surface area contributed by atoms with Gasteiger partial charge < -0.3 is 10.1 Å². The summed E-state index contributed by atoms with van der Waals surface area (Å²) in [6.45, 7) is 4.11. The summed E-state index contributed by atoms with van der Waals surface area (Å²) >= 11 is 1.46. The number of nitrogens with one attached hydrogen (secondary N) is 1. The van der Waals surface area contributed by atoms with E-state index in [0.29, 0.717) is 34.3 Å². The Morgan fingerprint density at radius 3 is 2.96 bits per heavy atom. The molecular weight excluding hydrogens is 378 g/mol. The fraction of sp³-hybridized carbons (Fsp3) is 0.421. The first-order valence-electron chi connectivity index (χ1n) is 9.39. The Morgan fingerprint density at radius 1 is 1.32 bits per heavy atom. The van der Waals surface area contributed by atoms with E-state index in [-0.39, 0.29) is 11.9 Å². The van der Waals surface area contributed by atoms with Crippen molar-refractivity contribution in [2.24, 2.45) is 0 Å². The standard InChI is InChI=1S/C19H21N5O3S/c1-3-8-27-18(26)15-12-6-4-5-7-14(12)28-17(15)23-16(25)13-9-11(2)22-19-20-10-21-24(13)19/h9-10H,3-8H2,1-2H3,(H,23,25). The van der Waals surface area contributed by atoms with Gasteiger partial charge in [-0.15, -0.1) is 11.3 Å². The zero-order valence-electron chi connectivity index (χ0n) is 15.8. The third-order valence-electron chi connectivity index (χ3n) is 4.65. The van der Waals surface area contributed by atoms with Crippen molar-refractivity contribution in [1.29, 1.82) is 0 Å². The fourth-order valence-corrected chi connectivity index (χ4v) is 4.67. The van der Waals surface area contributed by atoms with Crippen molar-refractivity contribution in [2.75, 3.05) is 11.9 Å². The predicted molar refractivity (Wildman–Crippen MR) is 105 cm³/mol. The van der Waals surface area contributed by atoms with E-state index in [9.17, 15) is 9.59 Å². The number of aryl methyl sites for hydroxylation is 2. The van der Waals surface area contributed by atoms with Gasteiger partial charge >= 0.3 is 5.97 Å². The van der Waals surface area contributed by atoms with Gasteiger partial charge in [-0.1, -0.05) is 6.92 Å². The summed E-state index contributed by atoms with van der Waals surface area (Å²) < 4.78 is 6.78. The molecule has 0 aliphatic heterocycles. The lowest BCUT2D eigenvalue weighted by Crippen LogP contribution is -2.19. The van der Waals surface area contributed by atoms with Gasteiger partial charge in [0.2, 0.25) is 0 Å². The number of carbonyl (C=O) groups excluding carboxylic acids is 2. The molecule has 1 amide bonds. The SMILES string of the molecule is CCCOC(=O)c1c(NC(=O)c2cc(C)nc3ncnn23)sc2c1CCCC2. The van der Waals surface area contributed by atoms with Crippen LogP contribution in [0.3, 0.4) is 0 Å². The van der Waals surface area contributed by atoms with Crippen molar-refractivity contribution in [3.8, 4) is 0 Å². The summed E-state index contributed by atoms with van der Waals surface area (Å²) in [7, 11) is 0. The van der Waals surface area contributed by atoms with Gasteiger partial charge in [-0.3, -0.25) is 4.79 Å². The number of hydrogen-bond donors (Lipinski definition) is 1. The van der Waals surface area contributed by atoms with Crippen LogP contribution in [-0.2, 0) is 17.6 Å². The highest BCUT2D eigenvalue weighted by atomic mass is 32.1. The zero-order chi connectivity index (χ0) is 19.7. The summed E-state index contributed by atoms with van der Waals surface area (Å²) in [5.41, 5.74) is 2.50. The number of nitrogens with zero attached hydrogens (tertiary/aromatic N) is 4. The molecule has 146 valence electrons. The average Bonchev–Trinajstić information content (AvgIpc) is 3.29. The van der Waals surface area contributed by atoms with Gasteiger partial charge in [0.1, 0.15) is 17.0 Å². The molecule has 0 unspecified atom stereocenters. The van der Waals surface area contributed by atoms with Crippen molar-refractivity contribution in [3.63, 3.8) is 0 Å². The topological polar surface area (TPSA) is 98.5 Å². The van der Waals surface area contributed by atoms with Crippen molar-refractivity contribution in [2.45, 2.75) is 46.0 Å². The number of rotatable bonds is 5. The molecule has 8 nitrogen and oxygen atoms in total. The summed E-state index contributed by atoms with van der Waals surface area (Å²) in [4.78, 5) is 35.2. The number of fused-ring (bicyclic) bond motifs is 2. The number of amides is 1. The molecule has 0 spiro atoms. The molecule has 0 saturated heterocycles. The number of hydrogen-bond acceptors (Lipinski definition) is 7. The molecule has 3 heterocycles. The molecule has 1 aliphatic carbocycles. The van der Waals surface area contributed by atoms with Gasteiger partial charge in [-0.05, 0) is 50.7 Å². The molecule has 28 heavy (non-hydrogen) atoms. The predicted octanol–water partition coefficient (Wildman–Crippen LogP) is 3.19. The lowest BCUT2D eigenvalue weighted by atomic mass is 9.95. The highest BCUT2D eigenvalue weighted by molar-refractivity contribution is 7.17. The minimum atomic E-state index is -0.367. The minimum absolute atomic E-state index is 0.319. The Morgan fingerprint density at radius 2 is 2.14 bits per heavy atom. The Balaban J connectivity index is 1.70. The second-order valence-electron chi connectivity index (χ2n) is 6.76. The first-order valence-corrected chi connectivity index (χ1v) is 10.2. The van der Waals surface area contributed by atoms with Crippen molar-refractivity contribution in [3.05, 3.63) is 39.8 Å². The van der Waals surface area contributed by atoms with E-state index in [4.69, 9.17) is 4.74 Å². The summed E-state index contributed by atoms with van der Waals surface area (Å²) in [5, 5.41) is 7.53.